The highest BCUT2D eigenvalue weighted by Crippen LogP contribution is 2.25. The van der Waals surface area contributed by atoms with Crippen LogP contribution in [0.3, 0.4) is 0 Å². The van der Waals surface area contributed by atoms with Crippen molar-refractivity contribution < 1.29 is 9.47 Å². The van der Waals surface area contributed by atoms with E-state index in [0.717, 1.165) is 31.9 Å². The van der Waals surface area contributed by atoms with Gasteiger partial charge in [-0.25, -0.2) is 0 Å². The van der Waals surface area contributed by atoms with Crippen molar-refractivity contribution in [3.05, 3.63) is 29.8 Å². The van der Waals surface area contributed by atoms with E-state index in [-0.39, 0.29) is 0 Å². The molecule has 0 aliphatic rings. The molecule has 0 fully saturated rings. The minimum absolute atomic E-state index is 0.292. The van der Waals surface area contributed by atoms with Gasteiger partial charge in [0.05, 0.1) is 6.61 Å². The topological polar surface area (TPSA) is 30.5 Å². The molecule has 108 valence electrons. The van der Waals surface area contributed by atoms with E-state index in [1.54, 1.807) is 7.11 Å². The van der Waals surface area contributed by atoms with Crippen molar-refractivity contribution >= 4 is 0 Å². The average molecular weight is 265 g/mol. The molecule has 0 saturated carbocycles. The van der Waals surface area contributed by atoms with E-state index in [2.05, 4.69) is 38.2 Å². The summed E-state index contributed by atoms with van der Waals surface area (Å²) in [6.07, 6.45) is 1.02. The summed E-state index contributed by atoms with van der Waals surface area (Å²) in [6, 6.07) is 8.55. The molecule has 1 aromatic carbocycles. The minimum atomic E-state index is 0.292. The van der Waals surface area contributed by atoms with Gasteiger partial charge in [0.2, 0.25) is 0 Å². The first kappa shape index (κ1) is 16.0. The van der Waals surface area contributed by atoms with Gasteiger partial charge in [-0.15, -0.1) is 0 Å². The zero-order valence-electron chi connectivity index (χ0n) is 12.6. The molecule has 0 aliphatic heterocycles. The maximum atomic E-state index is 5.88. The highest BCUT2D eigenvalue weighted by molar-refractivity contribution is 5.35. The summed E-state index contributed by atoms with van der Waals surface area (Å²) in [7, 11) is 1.73. The van der Waals surface area contributed by atoms with Gasteiger partial charge in [-0.3, -0.25) is 0 Å². The number of ether oxygens (including phenoxy) is 2. The molecule has 1 unspecified atom stereocenters. The van der Waals surface area contributed by atoms with Crippen LogP contribution in [0, 0.1) is 5.92 Å². The van der Waals surface area contributed by atoms with E-state index in [4.69, 9.17) is 9.47 Å². The molecule has 1 atom stereocenters. The van der Waals surface area contributed by atoms with E-state index < -0.39 is 0 Å². The average Bonchev–Trinajstić information content (AvgIpc) is 2.41. The molecular weight excluding hydrogens is 238 g/mol. The van der Waals surface area contributed by atoms with Gasteiger partial charge in [0, 0.05) is 25.3 Å². The quantitative estimate of drug-likeness (QED) is 0.694. The monoisotopic (exact) mass is 265 g/mol. The molecule has 0 aromatic heterocycles. The highest BCUT2D eigenvalue weighted by atomic mass is 16.5. The van der Waals surface area contributed by atoms with Gasteiger partial charge < -0.3 is 14.8 Å². The Balaban J connectivity index is 2.54. The molecule has 1 rings (SSSR count). The van der Waals surface area contributed by atoms with Gasteiger partial charge in [-0.1, -0.05) is 32.0 Å². The van der Waals surface area contributed by atoms with E-state index in [1.165, 1.54) is 5.56 Å². The van der Waals surface area contributed by atoms with Crippen LogP contribution in [0.2, 0.25) is 0 Å². The summed E-state index contributed by atoms with van der Waals surface area (Å²) in [4.78, 5) is 0. The second kappa shape index (κ2) is 8.94. The van der Waals surface area contributed by atoms with E-state index in [0.29, 0.717) is 12.0 Å². The smallest absolute Gasteiger partial charge is 0.124 e. The molecule has 0 saturated heterocycles. The van der Waals surface area contributed by atoms with Crippen LogP contribution in [0.25, 0.3) is 0 Å². The van der Waals surface area contributed by atoms with E-state index >= 15 is 0 Å². The molecule has 0 spiro atoms. The maximum Gasteiger partial charge on any atom is 0.124 e. The Bertz CT molecular complexity index is 352. The fraction of sp³-hybridized carbons (Fsp3) is 0.625. The van der Waals surface area contributed by atoms with E-state index in [1.807, 2.05) is 12.1 Å². The summed E-state index contributed by atoms with van der Waals surface area (Å²) in [5.74, 6) is 1.53. The summed E-state index contributed by atoms with van der Waals surface area (Å²) < 4.78 is 10.9. The summed E-state index contributed by atoms with van der Waals surface area (Å²) in [5.41, 5.74) is 1.22. The largest absolute Gasteiger partial charge is 0.493 e. The van der Waals surface area contributed by atoms with Crippen molar-refractivity contribution in [2.24, 2.45) is 5.92 Å². The molecule has 0 bridgehead atoms. The zero-order chi connectivity index (χ0) is 14.1. The van der Waals surface area contributed by atoms with Crippen LogP contribution >= 0.6 is 0 Å². The predicted molar refractivity (Wildman–Crippen MR) is 79.7 cm³/mol. The first-order valence-electron chi connectivity index (χ1n) is 7.09. The third-order valence-electron chi connectivity index (χ3n) is 2.93. The van der Waals surface area contributed by atoms with Crippen LogP contribution < -0.4 is 10.1 Å². The molecule has 0 aliphatic carbocycles. The Morgan fingerprint density at radius 1 is 1.16 bits per heavy atom. The maximum absolute atomic E-state index is 5.88. The van der Waals surface area contributed by atoms with Gasteiger partial charge in [0.25, 0.3) is 0 Å². The molecule has 3 heteroatoms. The van der Waals surface area contributed by atoms with Crippen molar-refractivity contribution in [1.29, 1.82) is 0 Å². The molecule has 0 radical (unpaired) electrons. The van der Waals surface area contributed by atoms with Crippen LogP contribution in [0.5, 0.6) is 5.75 Å². The Labute approximate surface area is 117 Å². The number of methoxy groups -OCH3 is 1. The van der Waals surface area contributed by atoms with Gasteiger partial charge in [0.1, 0.15) is 5.75 Å². The first-order valence-corrected chi connectivity index (χ1v) is 7.09. The number of para-hydroxylation sites is 1. The number of hydrogen-bond acceptors (Lipinski definition) is 3. The van der Waals surface area contributed by atoms with Crippen molar-refractivity contribution in [2.75, 3.05) is 26.9 Å². The zero-order valence-corrected chi connectivity index (χ0v) is 12.6. The van der Waals surface area contributed by atoms with Gasteiger partial charge in [0.15, 0.2) is 0 Å². The SMILES string of the molecule is COCCCNC(C)c1ccccc1OCC(C)C. The van der Waals surface area contributed by atoms with Gasteiger partial charge in [-0.05, 0) is 31.9 Å². The second-order valence-electron chi connectivity index (χ2n) is 5.26. The van der Waals surface area contributed by atoms with Crippen LogP contribution in [-0.4, -0.2) is 26.9 Å². The predicted octanol–water partition coefficient (Wildman–Crippen LogP) is 3.41. The van der Waals surface area contributed by atoms with Crippen LogP contribution in [-0.2, 0) is 4.74 Å². The highest BCUT2D eigenvalue weighted by Gasteiger charge is 2.10. The molecule has 0 heterocycles. The molecule has 0 amide bonds. The Morgan fingerprint density at radius 2 is 1.89 bits per heavy atom. The Morgan fingerprint density at radius 3 is 2.58 bits per heavy atom. The lowest BCUT2D eigenvalue weighted by atomic mass is 10.1. The van der Waals surface area contributed by atoms with Crippen LogP contribution in [0.15, 0.2) is 24.3 Å². The Hall–Kier alpha value is -1.06. The standard InChI is InChI=1S/C16H27NO2/c1-13(2)12-19-16-9-6-5-8-15(16)14(3)17-10-7-11-18-4/h5-6,8-9,13-14,17H,7,10-12H2,1-4H3. The number of hydrogen-bond donors (Lipinski definition) is 1. The lowest BCUT2D eigenvalue weighted by molar-refractivity contribution is 0.193. The van der Waals surface area contributed by atoms with Crippen molar-refractivity contribution in [3.63, 3.8) is 0 Å². The third kappa shape index (κ3) is 6.08. The summed E-state index contributed by atoms with van der Waals surface area (Å²) in [6.45, 7) is 9.00. The molecule has 1 N–H and O–H groups in total. The number of rotatable bonds is 9. The number of benzene rings is 1. The number of nitrogens with one attached hydrogen (secondary N) is 1. The molecular formula is C16H27NO2. The molecule has 3 nitrogen and oxygen atoms in total. The fourth-order valence-electron chi connectivity index (χ4n) is 1.87. The lowest BCUT2D eigenvalue weighted by Gasteiger charge is -2.19. The summed E-state index contributed by atoms with van der Waals surface area (Å²) >= 11 is 0. The van der Waals surface area contributed by atoms with Crippen molar-refractivity contribution in [3.8, 4) is 5.75 Å². The first-order chi connectivity index (χ1) is 9.15. The third-order valence-corrected chi connectivity index (χ3v) is 2.93. The second-order valence-corrected chi connectivity index (χ2v) is 5.26. The normalized spacial score (nSPS) is 12.7. The van der Waals surface area contributed by atoms with Gasteiger partial charge >= 0.3 is 0 Å². The van der Waals surface area contributed by atoms with Crippen molar-refractivity contribution in [2.45, 2.75) is 33.2 Å². The minimum Gasteiger partial charge on any atom is -0.493 e. The van der Waals surface area contributed by atoms with E-state index in [9.17, 15) is 0 Å². The molecule has 19 heavy (non-hydrogen) atoms. The fourth-order valence-corrected chi connectivity index (χ4v) is 1.87. The summed E-state index contributed by atoms with van der Waals surface area (Å²) in [5, 5.41) is 3.50. The van der Waals surface area contributed by atoms with Crippen LogP contribution in [0.1, 0.15) is 38.8 Å². The molecule has 1 aromatic rings. The lowest BCUT2D eigenvalue weighted by Crippen LogP contribution is -2.21. The van der Waals surface area contributed by atoms with Crippen LogP contribution in [0.4, 0.5) is 0 Å². The van der Waals surface area contributed by atoms with Gasteiger partial charge in [-0.2, -0.15) is 0 Å². The Kier molecular flexibility index (Phi) is 7.53. The van der Waals surface area contributed by atoms with Crippen molar-refractivity contribution in [1.82, 2.24) is 5.32 Å².